The summed E-state index contributed by atoms with van der Waals surface area (Å²) in [5, 5.41) is 2.87. The van der Waals surface area contributed by atoms with Crippen molar-refractivity contribution in [3.8, 4) is 0 Å². The molecule has 0 aromatic rings. The van der Waals surface area contributed by atoms with Crippen molar-refractivity contribution in [3.05, 3.63) is 0 Å². The van der Waals surface area contributed by atoms with Crippen molar-refractivity contribution >= 4 is 11.8 Å². The van der Waals surface area contributed by atoms with Crippen LogP contribution in [0.4, 0.5) is 4.79 Å². The summed E-state index contributed by atoms with van der Waals surface area (Å²) in [7, 11) is 0. The molecule has 0 aromatic heterocycles. The van der Waals surface area contributed by atoms with Crippen LogP contribution in [0.3, 0.4) is 0 Å². The molecular weight excluding hydrogens is 206 g/mol. The molecule has 0 radical (unpaired) electrons. The average Bonchev–Trinajstić information content (AvgIpc) is 2.16. The summed E-state index contributed by atoms with van der Waals surface area (Å²) < 4.78 is 0. The monoisotopic (exact) mass is 227 g/mol. The minimum Gasteiger partial charge on any atom is -0.336 e. The molecule has 0 spiro atoms. The lowest BCUT2D eigenvalue weighted by Crippen LogP contribution is -2.53. The molecule has 0 bridgehead atoms. The lowest BCUT2D eigenvalue weighted by Gasteiger charge is -2.34. The van der Waals surface area contributed by atoms with Gasteiger partial charge >= 0.3 is 6.03 Å². The highest BCUT2D eigenvalue weighted by molar-refractivity contribution is 5.77. The van der Waals surface area contributed by atoms with E-state index in [9.17, 15) is 9.59 Å². The third kappa shape index (κ3) is 4.18. The van der Waals surface area contributed by atoms with E-state index >= 15 is 0 Å². The molecular formula is C11H21N3O2. The third-order valence-corrected chi connectivity index (χ3v) is 2.52. The van der Waals surface area contributed by atoms with Gasteiger partial charge in [0.2, 0.25) is 0 Å². The van der Waals surface area contributed by atoms with Gasteiger partial charge in [-0.05, 0) is 20.8 Å². The molecule has 1 aliphatic heterocycles. The third-order valence-electron chi connectivity index (χ3n) is 2.52. The van der Waals surface area contributed by atoms with Crippen molar-refractivity contribution in [1.29, 1.82) is 0 Å². The molecule has 1 rings (SSSR count). The van der Waals surface area contributed by atoms with Crippen molar-refractivity contribution in [2.24, 2.45) is 0 Å². The summed E-state index contributed by atoms with van der Waals surface area (Å²) >= 11 is 0. The van der Waals surface area contributed by atoms with E-state index in [-0.39, 0.29) is 17.9 Å². The molecule has 1 saturated heterocycles. The van der Waals surface area contributed by atoms with Crippen molar-refractivity contribution in [3.63, 3.8) is 0 Å². The Morgan fingerprint density at radius 2 is 1.75 bits per heavy atom. The molecule has 0 aromatic carbocycles. The second kappa shape index (κ2) is 5.84. The predicted molar refractivity (Wildman–Crippen MR) is 62.4 cm³/mol. The molecule has 92 valence electrons. The SMILES string of the molecule is CC(=O)CN1CCN(C(=O)NC(C)C)CC1. The Kier molecular flexibility index (Phi) is 4.73. The summed E-state index contributed by atoms with van der Waals surface area (Å²) in [6.07, 6.45) is 0. The Bertz CT molecular complexity index is 258. The molecule has 5 heteroatoms. The zero-order valence-electron chi connectivity index (χ0n) is 10.3. The fraction of sp³-hybridized carbons (Fsp3) is 0.818. The number of carbonyl (C=O) groups is 2. The highest BCUT2D eigenvalue weighted by Gasteiger charge is 2.21. The number of nitrogens with zero attached hydrogens (tertiary/aromatic N) is 2. The van der Waals surface area contributed by atoms with Gasteiger partial charge in [0.1, 0.15) is 5.78 Å². The van der Waals surface area contributed by atoms with Crippen LogP contribution >= 0.6 is 0 Å². The van der Waals surface area contributed by atoms with E-state index in [1.54, 1.807) is 11.8 Å². The van der Waals surface area contributed by atoms with E-state index in [1.807, 2.05) is 13.8 Å². The van der Waals surface area contributed by atoms with Crippen LogP contribution in [0.15, 0.2) is 0 Å². The number of Topliss-reactive ketones (excluding diaryl/α,β-unsaturated/α-hetero) is 1. The number of amides is 2. The summed E-state index contributed by atoms with van der Waals surface area (Å²) in [5.74, 6) is 0.181. The molecule has 2 amide bonds. The van der Waals surface area contributed by atoms with Crippen molar-refractivity contribution < 1.29 is 9.59 Å². The second-order valence-corrected chi connectivity index (χ2v) is 4.57. The van der Waals surface area contributed by atoms with Gasteiger partial charge in [0.15, 0.2) is 0 Å². The number of hydrogen-bond acceptors (Lipinski definition) is 3. The second-order valence-electron chi connectivity index (χ2n) is 4.57. The van der Waals surface area contributed by atoms with Crippen LogP contribution in [0.5, 0.6) is 0 Å². The van der Waals surface area contributed by atoms with Crippen molar-refractivity contribution in [2.75, 3.05) is 32.7 Å². The van der Waals surface area contributed by atoms with Crippen molar-refractivity contribution in [2.45, 2.75) is 26.8 Å². The van der Waals surface area contributed by atoms with Gasteiger partial charge in [0.25, 0.3) is 0 Å². The van der Waals surface area contributed by atoms with Crippen LogP contribution in [0, 0.1) is 0 Å². The van der Waals surface area contributed by atoms with Crippen molar-refractivity contribution in [1.82, 2.24) is 15.1 Å². The predicted octanol–water partition coefficient (Wildman–Crippen LogP) is 0.311. The minimum absolute atomic E-state index is 0.00234. The first-order valence-electron chi connectivity index (χ1n) is 5.76. The zero-order valence-corrected chi connectivity index (χ0v) is 10.3. The normalized spacial score (nSPS) is 17.6. The quantitative estimate of drug-likeness (QED) is 0.755. The molecule has 1 heterocycles. The number of ketones is 1. The molecule has 0 atom stereocenters. The molecule has 16 heavy (non-hydrogen) atoms. The lowest BCUT2D eigenvalue weighted by atomic mass is 10.3. The smallest absolute Gasteiger partial charge is 0.317 e. The molecule has 1 N–H and O–H groups in total. The van der Waals surface area contributed by atoms with Crippen LogP contribution in [0.2, 0.25) is 0 Å². The van der Waals surface area contributed by atoms with Gasteiger partial charge in [0.05, 0.1) is 6.54 Å². The topological polar surface area (TPSA) is 52.7 Å². The van der Waals surface area contributed by atoms with Gasteiger partial charge in [-0.1, -0.05) is 0 Å². The van der Waals surface area contributed by atoms with Crippen LogP contribution in [0.1, 0.15) is 20.8 Å². The summed E-state index contributed by atoms with van der Waals surface area (Å²) in [6, 6.07) is 0.167. The van der Waals surface area contributed by atoms with Crippen LogP contribution < -0.4 is 5.32 Å². The Hall–Kier alpha value is -1.10. The van der Waals surface area contributed by atoms with Gasteiger partial charge < -0.3 is 10.2 Å². The number of urea groups is 1. The summed E-state index contributed by atoms with van der Waals surface area (Å²) in [4.78, 5) is 26.5. The van der Waals surface area contributed by atoms with Gasteiger partial charge in [-0.15, -0.1) is 0 Å². The minimum atomic E-state index is -0.00234. The van der Waals surface area contributed by atoms with Gasteiger partial charge in [0, 0.05) is 32.2 Å². The lowest BCUT2D eigenvalue weighted by molar-refractivity contribution is -0.118. The zero-order chi connectivity index (χ0) is 12.1. The summed E-state index contributed by atoms with van der Waals surface area (Å²) in [6.45, 7) is 8.96. The summed E-state index contributed by atoms with van der Waals surface area (Å²) in [5.41, 5.74) is 0. The fourth-order valence-corrected chi connectivity index (χ4v) is 1.76. The Labute approximate surface area is 96.8 Å². The number of piperazine rings is 1. The Morgan fingerprint density at radius 1 is 1.19 bits per heavy atom. The van der Waals surface area contributed by atoms with E-state index in [4.69, 9.17) is 0 Å². The molecule has 1 fully saturated rings. The Morgan fingerprint density at radius 3 is 2.19 bits per heavy atom. The largest absolute Gasteiger partial charge is 0.336 e. The fourth-order valence-electron chi connectivity index (χ4n) is 1.76. The maximum atomic E-state index is 11.7. The number of rotatable bonds is 3. The number of carbonyl (C=O) groups excluding carboxylic acids is 2. The van der Waals surface area contributed by atoms with Gasteiger partial charge in [-0.2, -0.15) is 0 Å². The molecule has 0 aliphatic carbocycles. The first-order valence-corrected chi connectivity index (χ1v) is 5.76. The highest BCUT2D eigenvalue weighted by atomic mass is 16.2. The van der Waals surface area contributed by atoms with E-state index in [0.29, 0.717) is 19.6 Å². The first-order chi connectivity index (χ1) is 7.49. The average molecular weight is 227 g/mol. The molecule has 0 unspecified atom stereocenters. The maximum Gasteiger partial charge on any atom is 0.317 e. The molecule has 1 aliphatic rings. The highest BCUT2D eigenvalue weighted by Crippen LogP contribution is 2.02. The maximum absolute atomic E-state index is 11.7. The van der Waals surface area contributed by atoms with Crippen LogP contribution in [-0.2, 0) is 4.79 Å². The van der Waals surface area contributed by atoms with Gasteiger partial charge in [-0.25, -0.2) is 4.79 Å². The standard InChI is InChI=1S/C11H21N3O2/c1-9(2)12-11(16)14-6-4-13(5-7-14)8-10(3)15/h9H,4-8H2,1-3H3,(H,12,16). The van der Waals surface area contributed by atoms with Crippen LogP contribution in [-0.4, -0.2) is 60.4 Å². The van der Waals surface area contributed by atoms with Crippen LogP contribution in [0.25, 0.3) is 0 Å². The molecule has 0 saturated carbocycles. The van der Waals surface area contributed by atoms with E-state index in [0.717, 1.165) is 13.1 Å². The number of hydrogen-bond donors (Lipinski definition) is 1. The van der Waals surface area contributed by atoms with Gasteiger partial charge in [-0.3, -0.25) is 9.69 Å². The van der Waals surface area contributed by atoms with E-state index in [1.165, 1.54) is 0 Å². The Balaban J connectivity index is 2.31. The van der Waals surface area contributed by atoms with E-state index < -0.39 is 0 Å². The number of nitrogens with one attached hydrogen (secondary N) is 1. The first kappa shape index (κ1) is 13.0. The van der Waals surface area contributed by atoms with E-state index in [2.05, 4.69) is 10.2 Å². The molecule has 5 nitrogen and oxygen atoms in total.